The summed E-state index contributed by atoms with van der Waals surface area (Å²) >= 11 is 0. The number of hydrogen-bond donors (Lipinski definition) is 1. The van der Waals surface area contributed by atoms with Crippen molar-refractivity contribution in [1.29, 1.82) is 0 Å². The van der Waals surface area contributed by atoms with E-state index in [9.17, 15) is 5.11 Å². The van der Waals surface area contributed by atoms with Gasteiger partial charge in [0.25, 0.3) is 0 Å². The summed E-state index contributed by atoms with van der Waals surface area (Å²) in [4.78, 5) is 7.48. The van der Waals surface area contributed by atoms with Gasteiger partial charge in [0.2, 0.25) is 0 Å². The van der Waals surface area contributed by atoms with Gasteiger partial charge in [0.1, 0.15) is 11.6 Å². The Kier molecular flexibility index (Phi) is 6.89. The van der Waals surface area contributed by atoms with Gasteiger partial charge in [-0.2, -0.15) is 0 Å². The van der Waals surface area contributed by atoms with Crippen molar-refractivity contribution in [1.82, 2.24) is 14.5 Å². The molecule has 1 aliphatic rings. The molecule has 0 amide bonds. The van der Waals surface area contributed by atoms with Crippen LogP contribution < -0.4 is 0 Å². The molecule has 1 N–H and O–H groups in total. The average molecular weight is 434 g/mol. The molecule has 2 aromatic carbocycles. The lowest BCUT2D eigenvalue weighted by Gasteiger charge is -2.22. The van der Waals surface area contributed by atoms with Gasteiger partial charge in [0, 0.05) is 23.7 Å². The number of likely N-dealkylation sites (tertiary alicyclic amines) is 1. The van der Waals surface area contributed by atoms with Crippen LogP contribution in [0.3, 0.4) is 0 Å². The van der Waals surface area contributed by atoms with E-state index in [1.165, 1.54) is 24.9 Å². The Morgan fingerprint density at radius 1 is 1.06 bits per heavy atom. The van der Waals surface area contributed by atoms with E-state index in [0.717, 1.165) is 53.5 Å². The summed E-state index contributed by atoms with van der Waals surface area (Å²) in [5.74, 6) is 1.24. The molecule has 1 saturated heterocycles. The monoisotopic (exact) mass is 433 g/mol. The number of rotatable bonds is 7. The molecule has 1 atom stereocenters. The number of aryl methyl sites for hydroxylation is 2. The normalized spacial score (nSPS) is 16.6. The van der Waals surface area contributed by atoms with E-state index in [2.05, 4.69) is 56.6 Å². The molecule has 1 aromatic heterocycles. The van der Waals surface area contributed by atoms with Crippen LogP contribution in [0.4, 0.5) is 0 Å². The number of para-hydroxylation sites is 1. The minimum atomic E-state index is 0.270. The van der Waals surface area contributed by atoms with Crippen LogP contribution >= 0.6 is 8.86 Å². The molecule has 0 spiro atoms. The molecule has 1 fully saturated rings. The Morgan fingerprint density at radius 3 is 2.52 bits per heavy atom. The predicted molar refractivity (Wildman–Crippen MR) is 130 cm³/mol. The zero-order valence-electron chi connectivity index (χ0n) is 18.5. The number of hydrogen-bond acceptors (Lipinski definition) is 3. The summed E-state index contributed by atoms with van der Waals surface area (Å²) < 4.78 is 2.30. The van der Waals surface area contributed by atoms with Crippen molar-refractivity contribution in [3.63, 3.8) is 0 Å². The predicted octanol–water partition coefficient (Wildman–Crippen LogP) is 5.51. The van der Waals surface area contributed by atoms with E-state index in [1.807, 2.05) is 24.3 Å². The van der Waals surface area contributed by atoms with Crippen LogP contribution in [-0.4, -0.2) is 39.2 Å². The van der Waals surface area contributed by atoms with E-state index in [-0.39, 0.29) is 5.75 Å². The van der Waals surface area contributed by atoms with Crippen LogP contribution in [0.15, 0.2) is 54.6 Å². The third-order valence-electron chi connectivity index (χ3n) is 6.53. The van der Waals surface area contributed by atoms with Gasteiger partial charge in [-0.15, -0.1) is 0 Å². The highest BCUT2D eigenvalue weighted by atomic mass is 31.0. The number of phenolic OH excluding ortho intramolecular Hbond substituents is 1. The third-order valence-corrected chi connectivity index (χ3v) is 7.10. The molecule has 4 rings (SSSR count). The Bertz CT molecular complexity index is 1090. The van der Waals surface area contributed by atoms with Crippen molar-refractivity contribution < 1.29 is 5.11 Å². The standard InChI is InChI=1S/C26H32N3OP/c1-19-27-25(22-12-6-7-13-24(22)30)23(15-14-20-9-4-3-5-10-20)26(31)29(19)18-16-21-11-8-17-28(21)2/h3-7,9-10,12-13,21,30-31H,8,11,14-18H2,1-2H3. The molecule has 1 aliphatic heterocycles. The van der Waals surface area contributed by atoms with Crippen LogP contribution in [0, 0.1) is 12.0 Å². The number of phenols is 1. The van der Waals surface area contributed by atoms with Gasteiger partial charge >= 0.3 is 0 Å². The first-order chi connectivity index (χ1) is 15.0. The highest BCUT2D eigenvalue weighted by Crippen LogP contribution is 2.32. The lowest BCUT2D eigenvalue weighted by atomic mass is 9.99. The third kappa shape index (κ3) is 4.92. The fraction of sp³-hybridized carbons (Fsp3) is 0.385. The van der Waals surface area contributed by atoms with Crippen LogP contribution in [0.1, 0.15) is 36.2 Å². The van der Waals surface area contributed by atoms with E-state index in [4.69, 9.17) is 4.98 Å². The quantitative estimate of drug-likeness (QED) is 0.500. The summed E-state index contributed by atoms with van der Waals surface area (Å²) in [5, 5.41) is 11.6. The highest BCUT2D eigenvalue weighted by Gasteiger charge is 2.21. The fourth-order valence-corrected chi connectivity index (χ4v) is 5.19. The van der Waals surface area contributed by atoms with E-state index < -0.39 is 0 Å². The summed E-state index contributed by atoms with van der Waals surface area (Å²) in [6.45, 7) is 4.19. The number of benzene rings is 2. The molecular formula is C26H32N3OP. The number of nitrogens with zero attached hydrogens (tertiary/aromatic N) is 3. The van der Waals surface area contributed by atoms with Crippen LogP contribution in [-0.2, 0) is 19.4 Å². The zero-order valence-corrected chi connectivity index (χ0v) is 19.5. The molecular weight excluding hydrogens is 401 g/mol. The smallest absolute Gasteiger partial charge is 0.124 e. The molecule has 0 bridgehead atoms. The van der Waals surface area contributed by atoms with Gasteiger partial charge in [-0.3, -0.25) is 0 Å². The molecule has 162 valence electrons. The SMILES string of the molecule is Cc1nc(-c2ccccc2O)c(CCc2ccccc2)c(=P)n1CCC1CCCN1C. The lowest BCUT2D eigenvalue weighted by molar-refractivity contribution is 0.285. The summed E-state index contributed by atoms with van der Waals surface area (Å²) in [6.07, 6.45) is 5.46. The molecule has 2 heterocycles. The number of aromatic hydroxyl groups is 1. The summed E-state index contributed by atoms with van der Waals surface area (Å²) in [6, 6.07) is 18.7. The van der Waals surface area contributed by atoms with Crippen molar-refractivity contribution in [3.05, 3.63) is 76.6 Å². The molecule has 3 aromatic rings. The van der Waals surface area contributed by atoms with Crippen LogP contribution in [0.2, 0.25) is 0 Å². The second-order valence-corrected chi connectivity index (χ2v) is 9.03. The van der Waals surface area contributed by atoms with E-state index in [0.29, 0.717) is 6.04 Å². The van der Waals surface area contributed by atoms with Crippen molar-refractivity contribution in [2.75, 3.05) is 13.6 Å². The number of aromatic nitrogens is 2. The highest BCUT2D eigenvalue weighted by molar-refractivity contribution is 7.07. The second kappa shape index (κ2) is 9.80. The maximum Gasteiger partial charge on any atom is 0.124 e. The molecule has 0 saturated carbocycles. The van der Waals surface area contributed by atoms with Crippen molar-refractivity contribution in [3.8, 4) is 17.0 Å². The average Bonchev–Trinajstić information content (AvgIpc) is 3.18. The molecule has 0 radical (unpaired) electrons. The first-order valence-electron chi connectivity index (χ1n) is 11.2. The van der Waals surface area contributed by atoms with Crippen LogP contribution in [0.5, 0.6) is 5.75 Å². The molecule has 0 aliphatic carbocycles. The van der Waals surface area contributed by atoms with Gasteiger partial charge < -0.3 is 14.6 Å². The largest absolute Gasteiger partial charge is 0.507 e. The maximum absolute atomic E-state index is 10.5. The second-order valence-electron chi connectivity index (χ2n) is 8.55. The molecule has 1 unspecified atom stereocenters. The summed E-state index contributed by atoms with van der Waals surface area (Å²) in [7, 11) is 6.22. The Labute approximate surface area is 187 Å². The topological polar surface area (TPSA) is 41.3 Å². The minimum Gasteiger partial charge on any atom is -0.507 e. The first kappa shape index (κ1) is 21.8. The van der Waals surface area contributed by atoms with Gasteiger partial charge in [-0.05, 0) is 70.3 Å². The maximum atomic E-state index is 10.5. The van der Waals surface area contributed by atoms with Crippen LogP contribution in [0.25, 0.3) is 11.3 Å². The Morgan fingerprint density at radius 2 is 1.81 bits per heavy atom. The molecule has 5 heteroatoms. The fourth-order valence-electron chi connectivity index (χ4n) is 4.67. The van der Waals surface area contributed by atoms with Crippen molar-refractivity contribution >= 4 is 8.86 Å². The van der Waals surface area contributed by atoms with E-state index in [1.54, 1.807) is 6.07 Å². The van der Waals surface area contributed by atoms with Gasteiger partial charge in [0.05, 0.1) is 10.8 Å². The Balaban J connectivity index is 1.70. The minimum absolute atomic E-state index is 0.270. The zero-order chi connectivity index (χ0) is 21.8. The Hall–Kier alpha value is -2.42. The first-order valence-corrected chi connectivity index (χ1v) is 11.7. The summed E-state index contributed by atoms with van der Waals surface area (Å²) in [5.41, 5.74) is 4.10. The molecule has 4 nitrogen and oxygen atoms in total. The van der Waals surface area contributed by atoms with Gasteiger partial charge in [0.15, 0.2) is 0 Å². The van der Waals surface area contributed by atoms with Gasteiger partial charge in [-0.25, -0.2) is 4.98 Å². The van der Waals surface area contributed by atoms with Crippen molar-refractivity contribution in [2.45, 2.75) is 51.6 Å². The van der Waals surface area contributed by atoms with Crippen molar-refractivity contribution in [2.24, 2.45) is 0 Å². The molecule has 31 heavy (non-hydrogen) atoms. The lowest BCUT2D eigenvalue weighted by Crippen LogP contribution is -2.26. The van der Waals surface area contributed by atoms with Gasteiger partial charge in [-0.1, -0.05) is 51.3 Å². The van der Waals surface area contributed by atoms with E-state index >= 15 is 0 Å².